The molecule has 0 aliphatic carbocycles. The van der Waals surface area contributed by atoms with Gasteiger partial charge in [-0.15, -0.1) is 0 Å². The minimum Gasteiger partial charge on any atom is -0.377 e. The van der Waals surface area contributed by atoms with Crippen LogP contribution < -0.4 is 10.6 Å². The van der Waals surface area contributed by atoms with Crippen molar-refractivity contribution in [3.05, 3.63) is 29.8 Å². The molecule has 2 unspecified atom stereocenters. The van der Waals surface area contributed by atoms with E-state index in [9.17, 15) is 4.79 Å². The molecule has 0 saturated carbocycles. The predicted octanol–water partition coefficient (Wildman–Crippen LogP) is 2.47. The lowest BCUT2D eigenvalue weighted by molar-refractivity contribution is -0.116. The summed E-state index contributed by atoms with van der Waals surface area (Å²) in [5.74, 6) is 0.0709. The Hall–Kier alpha value is -1.39. The molecule has 1 saturated heterocycles. The van der Waals surface area contributed by atoms with E-state index in [1.165, 1.54) is 6.42 Å². The Labute approximate surface area is 114 Å². The molecule has 1 fully saturated rings. The molecule has 4 nitrogen and oxygen atoms in total. The van der Waals surface area contributed by atoms with E-state index in [2.05, 4.69) is 10.6 Å². The maximum atomic E-state index is 11.9. The average molecular weight is 262 g/mol. The summed E-state index contributed by atoms with van der Waals surface area (Å²) in [5.41, 5.74) is 1.91. The smallest absolute Gasteiger partial charge is 0.225 e. The molecule has 0 bridgehead atoms. The number of hydrogen-bond donors (Lipinski definition) is 2. The van der Waals surface area contributed by atoms with Crippen molar-refractivity contribution in [2.75, 3.05) is 19.0 Å². The van der Waals surface area contributed by atoms with Crippen LogP contribution in [-0.2, 0) is 9.53 Å². The van der Waals surface area contributed by atoms with Gasteiger partial charge in [0.1, 0.15) is 0 Å². The Morgan fingerprint density at radius 1 is 1.58 bits per heavy atom. The van der Waals surface area contributed by atoms with E-state index >= 15 is 0 Å². The largest absolute Gasteiger partial charge is 0.377 e. The van der Waals surface area contributed by atoms with Gasteiger partial charge < -0.3 is 15.4 Å². The predicted molar refractivity (Wildman–Crippen MR) is 76.1 cm³/mol. The lowest BCUT2D eigenvalue weighted by atomic mass is 10.1. The van der Waals surface area contributed by atoms with Crippen LogP contribution in [0.25, 0.3) is 0 Å². The summed E-state index contributed by atoms with van der Waals surface area (Å²) in [6.07, 6.45) is 2.84. The molecule has 2 rings (SSSR count). The molecule has 0 aromatic heterocycles. The molecule has 1 aliphatic heterocycles. The van der Waals surface area contributed by atoms with E-state index in [-0.39, 0.29) is 12.0 Å². The van der Waals surface area contributed by atoms with Crippen LogP contribution in [0.2, 0.25) is 0 Å². The Morgan fingerprint density at radius 2 is 2.42 bits per heavy atom. The highest BCUT2D eigenvalue weighted by molar-refractivity contribution is 5.91. The lowest BCUT2D eigenvalue weighted by Gasteiger charge is -2.13. The number of nitrogens with one attached hydrogen (secondary N) is 2. The van der Waals surface area contributed by atoms with Gasteiger partial charge in [-0.3, -0.25) is 4.79 Å². The molecule has 1 aromatic rings. The second-order valence-electron chi connectivity index (χ2n) is 5.05. The Bertz CT molecular complexity index is 428. The molecular weight excluding hydrogens is 240 g/mol. The van der Waals surface area contributed by atoms with Gasteiger partial charge in [-0.05, 0) is 44.0 Å². The number of benzene rings is 1. The quantitative estimate of drug-likeness (QED) is 0.857. The number of ether oxygens (including phenoxy) is 1. The molecule has 1 aliphatic rings. The maximum Gasteiger partial charge on any atom is 0.225 e. The van der Waals surface area contributed by atoms with Gasteiger partial charge in [0.05, 0.1) is 6.10 Å². The molecule has 2 N–H and O–H groups in total. The van der Waals surface area contributed by atoms with E-state index in [0.29, 0.717) is 12.5 Å². The first-order chi connectivity index (χ1) is 9.19. The third-order valence-electron chi connectivity index (χ3n) is 3.59. The number of methoxy groups -OCH3 is 1. The van der Waals surface area contributed by atoms with Gasteiger partial charge in [-0.25, -0.2) is 0 Å². The van der Waals surface area contributed by atoms with Crippen LogP contribution in [0.4, 0.5) is 5.69 Å². The van der Waals surface area contributed by atoms with Crippen molar-refractivity contribution in [1.82, 2.24) is 5.32 Å². The molecular formula is C15H22N2O2. The lowest BCUT2D eigenvalue weighted by Crippen LogP contribution is -2.27. The van der Waals surface area contributed by atoms with Crippen molar-refractivity contribution in [3.63, 3.8) is 0 Å². The molecule has 4 heteroatoms. The van der Waals surface area contributed by atoms with Gasteiger partial charge in [-0.1, -0.05) is 12.1 Å². The van der Waals surface area contributed by atoms with Crippen LogP contribution in [0.5, 0.6) is 0 Å². The molecule has 0 spiro atoms. The molecule has 19 heavy (non-hydrogen) atoms. The van der Waals surface area contributed by atoms with Crippen molar-refractivity contribution in [3.8, 4) is 0 Å². The first kappa shape index (κ1) is 14.0. The van der Waals surface area contributed by atoms with Crippen LogP contribution in [0.1, 0.15) is 37.9 Å². The second kappa shape index (κ2) is 6.68. The molecule has 1 aromatic carbocycles. The summed E-state index contributed by atoms with van der Waals surface area (Å²) < 4.78 is 5.28. The first-order valence-electron chi connectivity index (χ1n) is 6.85. The second-order valence-corrected chi connectivity index (χ2v) is 5.05. The fourth-order valence-corrected chi connectivity index (χ4v) is 2.37. The summed E-state index contributed by atoms with van der Waals surface area (Å²) >= 11 is 0. The van der Waals surface area contributed by atoms with Crippen LogP contribution in [0.15, 0.2) is 24.3 Å². The normalized spacial score (nSPS) is 20.2. The standard InChI is InChI=1S/C15H22N2O2/c1-11(19-2)12-5-3-6-14(9-12)17-15(18)10-13-7-4-8-16-13/h3,5-6,9,11,13,16H,4,7-8,10H2,1-2H3,(H,17,18). The van der Waals surface area contributed by atoms with E-state index in [4.69, 9.17) is 4.74 Å². The maximum absolute atomic E-state index is 11.9. The van der Waals surface area contributed by atoms with Gasteiger partial charge in [-0.2, -0.15) is 0 Å². The zero-order chi connectivity index (χ0) is 13.7. The highest BCUT2D eigenvalue weighted by Gasteiger charge is 2.17. The monoisotopic (exact) mass is 262 g/mol. The van der Waals surface area contributed by atoms with Crippen molar-refractivity contribution in [2.24, 2.45) is 0 Å². The number of hydrogen-bond acceptors (Lipinski definition) is 3. The van der Waals surface area contributed by atoms with Gasteiger partial charge in [0, 0.05) is 25.3 Å². The zero-order valence-electron chi connectivity index (χ0n) is 11.6. The Kier molecular flexibility index (Phi) is 4.93. The number of carbonyl (C=O) groups is 1. The van der Waals surface area contributed by atoms with Crippen molar-refractivity contribution >= 4 is 11.6 Å². The minimum atomic E-state index is 0.0355. The molecule has 0 radical (unpaired) electrons. The highest BCUT2D eigenvalue weighted by atomic mass is 16.5. The van der Waals surface area contributed by atoms with E-state index in [0.717, 1.165) is 24.2 Å². The summed E-state index contributed by atoms with van der Waals surface area (Å²) in [5, 5.41) is 6.28. The number of amides is 1. The van der Waals surface area contributed by atoms with Gasteiger partial charge >= 0.3 is 0 Å². The van der Waals surface area contributed by atoms with Crippen molar-refractivity contribution in [1.29, 1.82) is 0 Å². The van der Waals surface area contributed by atoms with Crippen LogP contribution in [0.3, 0.4) is 0 Å². The van der Waals surface area contributed by atoms with Gasteiger partial charge in [0.2, 0.25) is 5.91 Å². The number of carbonyl (C=O) groups excluding carboxylic acids is 1. The molecule has 1 amide bonds. The SMILES string of the molecule is COC(C)c1cccc(NC(=O)CC2CCCN2)c1. The molecule has 104 valence electrons. The highest BCUT2D eigenvalue weighted by Crippen LogP contribution is 2.20. The van der Waals surface area contributed by atoms with E-state index in [1.807, 2.05) is 31.2 Å². The topological polar surface area (TPSA) is 50.4 Å². The summed E-state index contributed by atoms with van der Waals surface area (Å²) in [6.45, 7) is 3.02. The van der Waals surface area contributed by atoms with E-state index in [1.54, 1.807) is 7.11 Å². The van der Waals surface area contributed by atoms with Gasteiger partial charge in [0.25, 0.3) is 0 Å². The number of anilines is 1. The van der Waals surface area contributed by atoms with E-state index < -0.39 is 0 Å². The fourth-order valence-electron chi connectivity index (χ4n) is 2.37. The van der Waals surface area contributed by atoms with Crippen LogP contribution in [0, 0.1) is 0 Å². The van der Waals surface area contributed by atoms with Crippen LogP contribution in [-0.4, -0.2) is 25.6 Å². The zero-order valence-corrected chi connectivity index (χ0v) is 11.6. The Balaban J connectivity index is 1.92. The molecule has 1 heterocycles. The van der Waals surface area contributed by atoms with Crippen molar-refractivity contribution < 1.29 is 9.53 Å². The average Bonchev–Trinajstić information content (AvgIpc) is 2.90. The Morgan fingerprint density at radius 3 is 3.11 bits per heavy atom. The third kappa shape index (κ3) is 4.04. The number of rotatable bonds is 5. The third-order valence-corrected chi connectivity index (χ3v) is 3.59. The summed E-state index contributed by atoms with van der Waals surface area (Å²) in [6, 6.07) is 8.15. The van der Waals surface area contributed by atoms with Crippen molar-refractivity contribution in [2.45, 2.75) is 38.3 Å². The summed E-state index contributed by atoms with van der Waals surface area (Å²) in [7, 11) is 1.68. The minimum absolute atomic E-state index is 0.0355. The van der Waals surface area contributed by atoms with Crippen LogP contribution >= 0.6 is 0 Å². The molecule has 2 atom stereocenters. The van der Waals surface area contributed by atoms with Gasteiger partial charge in [0.15, 0.2) is 0 Å². The fraction of sp³-hybridized carbons (Fsp3) is 0.533. The first-order valence-corrected chi connectivity index (χ1v) is 6.85. The summed E-state index contributed by atoms with van der Waals surface area (Å²) in [4.78, 5) is 11.9.